The molecule has 4 nitrogen and oxygen atoms in total. The molecule has 19 heavy (non-hydrogen) atoms. The molecular formula is C14H18BrN3O. The van der Waals surface area contributed by atoms with Gasteiger partial charge in [0.05, 0.1) is 12.8 Å². The van der Waals surface area contributed by atoms with Crippen molar-refractivity contribution < 1.29 is 4.74 Å². The standard InChI is InChI=1S/C14H18BrN3O/c1-8-6-9(2)12(11(7-8)19-3)13-10(4-5-16)17-14(15)18-13/h6-7H,4-5,16H2,1-3H3,(H,17,18). The Balaban J connectivity index is 2.64. The Morgan fingerprint density at radius 2 is 2.11 bits per heavy atom. The molecule has 0 saturated carbocycles. The lowest BCUT2D eigenvalue weighted by molar-refractivity contribution is 0.415. The predicted molar refractivity (Wildman–Crippen MR) is 80.5 cm³/mol. The van der Waals surface area contributed by atoms with Crippen molar-refractivity contribution in [1.82, 2.24) is 9.97 Å². The van der Waals surface area contributed by atoms with Crippen molar-refractivity contribution >= 4 is 15.9 Å². The van der Waals surface area contributed by atoms with Crippen LogP contribution in [-0.2, 0) is 6.42 Å². The molecule has 1 heterocycles. The van der Waals surface area contributed by atoms with E-state index in [0.29, 0.717) is 11.3 Å². The first-order valence-corrected chi connectivity index (χ1v) is 6.96. The zero-order chi connectivity index (χ0) is 14.0. The highest BCUT2D eigenvalue weighted by molar-refractivity contribution is 9.10. The third-order valence-electron chi connectivity index (χ3n) is 3.04. The number of nitrogens with one attached hydrogen (secondary N) is 1. The van der Waals surface area contributed by atoms with Crippen LogP contribution in [0.1, 0.15) is 16.8 Å². The lowest BCUT2D eigenvalue weighted by atomic mass is 9.99. The maximum atomic E-state index is 5.66. The van der Waals surface area contributed by atoms with Gasteiger partial charge in [-0.05, 0) is 53.5 Å². The number of aromatic nitrogens is 2. The fourth-order valence-corrected chi connectivity index (χ4v) is 2.72. The Morgan fingerprint density at radius 1 is 1.37 bits per heavy atom. The first-order chi connectivity index (χ1) is 9.06. The number of methoxy groups -OCH3 is 1. The number of aryl methyl sites for hydroxylation is 2. The fourth-order valence-electron chi connectivity index (χ4n) is 2.30. The summed E-state index contributed by atoms with van der Waals surface area (Å²) in [5.41, 5.74) is 10.9. The number of benzene rings is 1. The average molecular weight is 324 g/mol. The molecule has 102 valence electrons. The second-order valence-corrected chi connectivity index (χ2v) is 5.30. The topological polar surface area (TPSA) is 63.9 Å². The van der Waals surface area contributed by atoms with Gasteiger partial charge < -0.3 is 15.5 Å². The molecular weight excluding hydrogens is 306 g/mol. The molecule has 0 radical (unpaired) electrons. The van der Waals surface area contributed by atoms with E-state index in [1.807, 2.05) is 6.07 Å². The smallest absolute Gasteiger partial charge is 0.175 e. The molecule has 1 aromatic heterocycles. The largest absolute Gasteiger partial charge is 0.496 e. The number of halogens is 1. The van der Waals surface area contributed by atoms with Gasteiger partial charge in [0.25, 0.3) is 0 Å². The second kappa shape index (κ2) is 5.75. The molecule has 0 bridgehead atoms. The first kappa shape index (κ1) is 14.1. The van der Waals surface area contributed by atoms with Crippen molar-refractivity contribution in [3.63, 3.8) is 0 Å². The molecule has 5 heteroatoms. The number of rotatable bonds is 4. The van der Waals surface area contributed by atoms with Gasteiger partial charge in [0.2, 0.25) is 0 Å². The molecule has 2 rings (SSSR count). The van der Waals surface area contributed by atoms with Gasteiger partial charge in [0.15, 0.2) is 4.73 Å². The summed E-state index contributed by atoms with van der Waals surface area (Å²) in [5, 5.41) is 0. The number of nitrogens with two attached hydrogens (primary N) is 1. The molecule has 0 aliphatic heterocycles. The number of H-pyrrole nitrogens is 1. The van der Waals surface area contributed by atoms with Crippen LogP contribution in [-0.4, -0.2) is 23.6 Å². The minimum Gasteiger partial charge on any atom is -0.496 e. The summed E-state index contributed by atoms with van der Waals surface area (Å²) in [4.78, 5) is 7.73. The van der Waals surface area contributed by atoms with Crippen molar-refractivity contribution in [1.29, 1.82) is 0 Å². The number of ether oxygens (including phenoxy) is 1. The highest BCUT2D eigenvalue weighted by Crippen LogP contribution is 2.35. The first-order valence-electron chi connectivity index (χ1n) is 6.17. The van der Waals surface area contributed by atoms with E-state index < -0.39 is 0 Å². The van der Waals surface area contributed by atoms with Gasteiger partial charge in [-0.3, -0.25) is 0 Å². The highest BCUT2D eigenvalue weighted by Gasteiger charge is 2.17. The molecule has 3 N–H and O–H groups in total. The lowest BCUT2D eigenvalue weighted by Crippen LogP contribution is -2.05. The van der Waals surface area contributed by atoms with Gasteiger partial charge in [-0.2, -0.15) is 0 Å². The van der Waals surface area contributed by atoms with E-state index in [1.54, 1.807) is 7.11 Å². The summed E-state index contributed by atoms with van der Waals surface area (Å²) in [7, 11) is 1.68. The monoisotopic (exact) mass is 323 g/mol. The third kappa shape index (κ3) is 2.82. The summed E-state index contributed by atoms with van der Waals surface area (Å²) in [6, 6.07) is 4.16. The van der Waals surface area contributed by atoms with Crippen molar-refractivity contribution in [3.05, 3.63) is 33.7 Å². The lowest BCUT2D eigenvalue weighted by Gasteiger charge is -2.12. The summed E-state index contributed by atoms with van der Waals surface area (Å²) >= 11 is 3.39. The zero-order valence-corrected chi connectivity index (χ0v) is 13.0. The van der Waals surface area contributed by atoms with Crippen LogP contribution in [0, 0.1) is 13.8 Å². The molecule has 0 fully saturated rings. The van der Waals surface area contributed by atoms with Crippen molar-refractivity contribution in [2.75, 3.05) is 13.7 Å². The number of nitrogens with zero attached hydrogens (tertiary/aromatic N) is 1. The van der Waals surface area contributed by atoms with Crippen LogP contribution < -0.4 is 10.5 Å². The van der Waals surface area contributed by atoms with Gasteiger partial charge in [-0.25, -0.2) is 4.98 Å². The molecule has 0 aliphatic carbocycles. The molecule has 2 aromatic rings. The van der Waals surface area contributed by atoms with E-state index >= 15 is 0 Å². The Hall–Kier alpha value is -1.33. The van der Waals surface area contributed by atoms with Crippen molar-refractivity contribution in [3.8, 4) is 17.0 Å². The minimum atomic E-state index is 0.578. The number of imidazole rings is 1. The average Bonchev–Trinajstić information content (AvgIpc) is 2.69. The Morgan fingerprint density at radius 3 is 2.74 bits per heavy atom. The third-order valence-corrected chi connectivity index (χ3v) is 3.42. The van der Waals surface area contributed by atoms with E-state index in [9.17, 15) is 0 Å². The molecule has 1 aromatic carbocycles. The van der Waals surface area contributed by atoms with Gasteiger partial charge in [-0.15, -0.1) is 0 Å². The summed E-state index contributed by atoms with van der Waals surface area (Å²) in [6.07, 6.45) is 0.754. The van der Waals surface area contributed by atoms with E-state index in [-0.39, 0.29) is 0 Å². The molecule has 0 unspecified atom stereocenters. The SMILES string of the molecule is COc1cc(C)cc(C)c1-c1nc(Br)[nH]c1CCN. The molecule has 0 aliphatic rings. The molecule has 0 atom stereocenters. The van der Waals surface area contributed by atoms with Gasteiger partial charge >= 0.3 is 0 Å². The van der Waals surface area contributed by atoms with Gasteiger partial charge in [0.1, 0.15) is 5.75 Å². The van der Waals surface area contributed by atoms with E-state index in [4.69, 9.17) is 10.5 Å². The van der Waals surface area contributed by atoms with Crippen molar-refractivity contribution in [2.24, 2.45) is 5.73 Å². The molecule has 0 amide bonds. The maximum Gasteiger partial charge on any atom is 0.175 e. The van der Waals surface area contributed by atoms with Crippen LogP contribution in [0.3, 0.4) is 0 Å². The summed E-state index contributed by atoms with van der Waals surface area (Å²) < 4.78 is 6.22. The highest BCUT2D eigenvalue weighted by atomic mass is 79.9. The van der Waals surface area contributed by atoms with E-state index in [2.05, 4.69) is 45.8 Å². The molecule has 0 saturated heterocycles. The molecule has 0 spiro atoms. The van der Waals surface area contributed by atoms with Crippen LogP contribution in [0.5, 0.6) is 5.75 Å². The predicted octanol–water partition coefficient (Wildman–Crippen LogP) is 2.97. The normalized spacial score (nSPS) is 10.8. The van der Waals surface area contributed by atoms with Gasteiger partial charge in [0, 0.05) is 17.7 Å². The number of hydrogen-bond acceptors (Lipinski definition) is 3. The Labute approximate surface area is 121 Å². The van der Waals surface area contributed by atoms with Crippen molar-refractivity contribution in [2.45, 2.75) is 20.3 Å². The number of aromatic amines is 1. The maximum absolute atomic E-state index is 5.66. The zero-order valence-electron chi connectivity index (χ0n) is 11.4. The Kier molecular flexibility index (Phi) is 4.27. The van der Waals surface area contributed by atoms with Crippen LogP contribution >= 0.6 is 15.9 Å². The van der Waals surface area contributed by atoms with Crippen LogP contribution in [0.25, 0.3) is 11.3 Å². The van der Waals surface area contributed by atoms with E-state index in [1.165, 1.54) is 5.56 Å². The van der Waals surface area contributed by atoms with Crippen LogP contribution in [0.4, 0.5) is 0 Å². The fraction of sp³-hybridized carbons (Fsp3) is 0.357. The van der Waals surface area contributed by atoms with E-state index in [0.717, 1.165) is 34.7 Å². The minimum absolute atomic E-state index is 0.578. The summed E-state index contributed by atoms with van der Waals surface area (Å²) in [6.45, 7) is 4.70. The quantitative estimate of drug-likeness (QED) is 0.909. The Bertz CT molecular complexity index is 593. The summed E-state index contributed by atoms with van der Waals surface area (Å²) in [5.74, 6) is 0.842. The number of hydrogen-bond donors (Lipinski definition) is 2. The second-order valence-electron chi connectivity index (χ2n) is 4.55. The van der Waals surface area contributed by atoms with Crippen LogP contribution in [0.2, 0.25) is 0 Å². The van der Waals surface area contributed by atoms with Gasteiger partial charge in [-0.1, -0.05) is 6.07 Å². The van der Waals surface area contributed by atoms with Crippen LogP contribution in [0.15, 0.2) is 16.9 Å².